The highest BCUT2D eigenvalue weighted by atomic mass is 79.9. The van der Waals surface area contributed by atoms with Crippen molar-refractivity contribution >= 4 is 33.2 Å². The van der Waals surface area contributed by atoms with Gasteiger partial charge in [0.1, 0.15) is 5.82 Å². The number of nitrogen functional groups attached to an aromatic ring is 1. The van der Waals surface area contributed by atoms with E-state index in [0.717, 1.165) is 6.07 Å². The van der Waals surface area contributed by atoms with Crippen LogP contribution in [0.4, 0.5) is 20.2 Å². The lowest BCUT2D eigenvalue weighted by atomic mass is 10.2. The van der Waals surface area contributed by atoms with Gasteiger partial charge in [-0.15, -0.1) is 0 Å². The maximum atomic E-state index is 13.6. The molecular formula is C11H9BrF2N4O. The van der Waals surface area contributed by atoms with Gasteiger partial charge in [0.25, 0.3) is 5.91 Å². The number of nitrogens with two attached hydrogens (primary N) is 1. The Balaban J connectivity index is 2.32. The number of halogens is 3. The summed E-state index contributed by atoms with van der Waals surface area (Å²) < 4.78 is 27.9. The summed E-state index contributed by atoms with van der Waals surface area (Å²) in [6.07, 6.45) is 1.45. The van der Waals surface area contributed by atoms with E-state index in [1.54, 1.807) is 7.05 Å². The Labute approximate surface area is 115 Å². The lowest BCUT2D eigenvalue weighted by molar-refractivity contribution is 0.102. The number of aryl methyl sites for hydroxylation is 1. The zero-order valence-electron chi connectivity index (χ0n) is 9.75. The molecular weight excluding hydrogens is 322 g/mol. The molecule has 3 N–H and O–H groups in total. The lowest BCUT2D eigenvalue weighted by Crippen LogP contribution is -2.16. The molecule has 5 nitrogen and oxygen atoms in total. The van der Waals surface area contributed by atoms with E-state index in [4.69, 9.17) is 5.73 Å². The van der Waals surface area contributed by atoms with Gasteiger partial charge in [0.05, 0.1) is 11.4 Å². The standard InChI is InChI=1S/C11H9BrF2N4O/c1-18-4-8(15)10(17-18)11(19)16-9-6(12)2-5(13)3-7(9)14/h2-4H,15H2,1H3,(H,16,19). The first kappa shape index (κ1) is 13.5. The summed E-state index contributed by atoms with van der Waals surface area (Å²) in [5.41, 5.74) is 5.55. The van der Waals surface area contributed by atoms with Crippen molar-refractivity contribution in [3.05, 3.63) is 40.1 Å². The molecule has 0 aliphatic heterocycles. The Morgan fingerprint density at radius 2 is 2.16 bits per heavy atom. The van der Waals surface area contributed by atoms with E-state index in [2.05, 4.69) is 26.3 Å². The van der Waals surface area contributed by atoms with E-state index < -0.39 is 17.5 Å². The molecule has 0 saturated heterocycles. The smallest absolute Gasteiger partial charge is 0.278 e. The van der Waals surface area contributed by atoms with Crippen LogP contribution in [0.3, 0.4) is 0 Å². The molecule has 0 aliphatic rings. The number of aromatic nitrogens is 2. The van der Waals surface area contributed by atoms with E-state index >= 15 is 0 Å². The molecule has 0 saturated carbocycles. The molecule has 0 atom stereocenters. The Morgan fingerprint density at radius 1 is 1.47 bits per heavy atom. The highest BCUT2D eigenvalue weighted by Gasteiger charge is 2.18. The van der Waals surface area contributed by atoms with Gasteiger partial charge in [-0.2, -0.15) is 5.10 Å². The fourth-order valence-electron chi connectivity index (χ4n) is 1.52. The third kappa shape index (κ3) is 2.73. The summed E-state index contributed by atoms with van der Waals surface area (Å²) in [5.74, 6) is -2.32. The fourth-order valence-corrected chi connectivity index (χ4v) is 2.02. The van der Waals surface area contributed by atoms with Crippen molar-refractivity contribution < 1.29 is 13.6 Å². The molecule has 8 heteroatoms. The van der Waals surface area contributed by atoms with Gasteiger partial charge in [-0.25, -0.2) is 8.78 Å². The first-order valence-electron chi connectivity index (χ1n) is 5.13. The number of amides is 1. The van der Waals surface area contributed by atoms with Crippen LogP contribution in [-0.2, 0) is 7.05 Å². The van der Waals surface area contributed by atoms with Gasteiger partial charge in [-0.3, -0.25) is 9.48 Å². The normalized spacial score (nSPS) is 10.5. The number of rotatable bonds is 2. The topological polar surface area (TPSA) is 72.9 Å². The first-order chi connectivity index (χ1) is 8.88. The zero-order chi connectivity index (χ0) is 14.2. The Morgan fingerprint density at radius 3 is 2.68 bits per heavy atom. The highest BCUT2D eigenvalue weighted by Crippen LogP contribution is 2.27. The second kappa shape index (κ2) is 4.96. The first-order valence-corrected chi connectivity index (χ1v) is 5.93. The van der Waals surface area contributed by atoms with E-state index in [0.29, 0.717) is 6.07 Å². The minimum atomic E-state index is -0.894. The number of hydrogen-bond donors (Lipinski definition) is 2. The number of benzene rings is 1. The van der Waals surface area contributed by atoms with Gasteiger partial charge in [-0.05, 0) is 22.0 Å². The molecule has 1 aromatic heterocycles. The van der Waals surface area contributed by atoms with Gasteiger partial charge in [0.15, 0.2) is 11.5 Å². The van der Waals surface area contributed by atoms with Crippen molar-refractivity contribution in [3.8, 4) is 0 Å². The molecule has 2 rings (SSSR count). The van der Waals surface area contributed by atoms with Crippen molar-refractivity contribution in [3.63, 3.8) is 0 Å². The van der Waals surface area contributed by atoms with Crippen LogP contribution in [-0.4, -0.2) is 15.7 Å². The van der Waals surface area contributed by atoms with Crippen LogP contribution in [0.2, 0.25) is 0 Å². The minimum absolute atomic E-state index is 0.0295. The van der Waals surface area contributed by atoms with Crippen LogP contribution in [0, 0.1) is 11.6 Å². The molecule has 0 fully saturated rings. The Kier molecular flexibility index (Phi) is 3.52. The van der Waals surface area contributed by atoms with Crippen LogP contribution in [0.15, 0.2) is 22.8 Å². The van der Waals surface area contributed by atoms with E-state index in [9.17, 15) is 13.6 Å². The third-order valence-corrected chi connectivity index (χ3v) is 2.94. The monoisotopic (exact) mass is 330 g/mol. The molecule has 0 aliphatic carbocycles. The van der Waals surface area contributed by atoms with Gasteiger partial charge >= 0.3 is 0 Å². The number of anilines is 2. The minimum Gasteiger partial charge on any atom is -0.396 e. The van der Waals surface area contributed by atoms with Gasteiger partial charge < -0.3 is 11.1 Å². The quantitative estimate of drug-likeness (QED) is 0.887. The maximum Gasteiger partial charge on any atom is 0.278 e. The van der Waals surface area contributed by atoms with Gasteiger partial charge in [0.2, 0.25) is 0 Å². The summed E-state index contributed by atoms with van der Waals surface area (Å²) in [6.45, 7) is 0. The van der Waals surface area contributed by atoms with Crippen LogP contribution in [0.1, 0.15) is 10.5 Å². The van der Waals surface area contributed by atoms with E-state index in [1.165, 1.54) is 10.9 Å². The van der Waals surface area contributed by atoms with Crippen molar-refractivity contribution in [1.82, 2.24) is 9.78 Å². The molecule has 0 unspecified atom stereocenters. The van der Waals surface area contributed by atoms with E-state index in [1.807, 2.05) is 0 Å². The average molecular weight is 331 g/mol. The number of hydrogen-bond acceptors (Lipinski definition) is 3. The Hall–Kier alpha value is -1.96. The number of carbonyl (C=O) groups is 1. The molecule has 0 bridgehead atoms. The molecule has 0 radical (unpaired) electrons. The molecule has 100 valence electrons. The Bertz CT molecular complexity index is 633. The largest absolute Gasteiger partial charge is 0.396 e. The van der Waals surface area contributed by atoms with Gasteiger partial charge in [0, 0.05) is 23.8 Å². The fraction of sp³-hybridized carbons (Fsp3) is 0.0909. The lowest BCUT2D eigenvalue weighted by Gasteiger charge is -2.07. The van der Waals surface area contributed by atoms with Crippen molar-refractivity contribution in [2.24, 2.45) is 7.05 Å². The number of nitrogens with one attached hydrogen (secondary N) is 1. The second-order valence-electron chi connectivity index (χ2n) is 3.81. The summed E-state index contributed by atoms with van der Waals surface area (Å²) >= 11 is 2.97. The van der Waals surface area contributed by atoms with Gasteiger partial charge in [-0.1, -0.05) is 0 Å². The molecule has 2 aromatic rings. The highest BCUT2D eigenvalue weighted by molar-refractivity contribution is 9.10. The summed E-state index contributed by atoms with van der Waals surface area (Å²) in [7, 11) is 1.60. The summed E-state index contributed by atoms with van der Waals surface area (Å²) in [4.78, 5) is 11.9. The third-order valence-electron chi connectivity index (χ3n) is 2.32. The molecule has 19 heavy (non-hydrogen) atoms. The molecule has 0 spiro atoms. The van der Waals surface area contributed by atoms with Crippen LogP contribution >= 0.6 is 15.9 Å². The van der Waals surface area contributed by atoms with Crippen molar-refractivity contribution in [2.75, 3.05) is 11.1 Å². The van der Waals surface area contributed by atoms with Crippen molar-refractivity contribution in [2.45, 2.75) is 0 Å². The van der Waals surface area contributed by atoms with Crippen molar-refractivity contribution in [1.29, 1.82) is 0 Å². The number of nitrogens with zero attached hydrogens (tertiary/aromatic N) is 2. The maximum absolute atomic E-state index is 13.6. The second-order valence-corrected chi connectivity index (χ2v) is 4.66. The SMILES string of the molecule is Cn1cc(N)c(C(=O)Nc2c(F)cc(F)cc2Br)n1. The van der Waals surface area contributed by atoms with Crippen LogP contribution < -0.4 is 11.1 Å². The molecule has 1 aromatic carbocycles. The number of carbonyl (C=O) groups excluding carboxylic acids is 1. The zero-order valence-corrected chi connectivity index (χ0v) is 11.3. The predicted octanol–water partition coefficient (Wildman–Crippen LogP) is 2.30. The van der Waals surface area contributed by atoms with E-state index in [-0.39, 0.29) is 21.5 Å². The predicted molar refractivity (Wildman–Crippen MR) is 69.6 cm³/mol. The summed E-state index contributed by atoms with van der Waals surface area (Å²) in [5, 5.41) is 6.14. The summed E-state index contributed by atoms with van der Waals surface area (Å²) in [6, 6.07) is 1.71. The molecule has 1 amide bonds. The average Bonchev–Trinajstić information content (AvgIpc) is 2.62. The molecule has 1 heterocycles. The van der Waals surface area contributed by atoms with Crippen LogP contribution in [0.25, 0.3) is 0 Å². The van der Waals surface area contributed by atoms with Crippen LogP contribution in [0.5, 0.6) is 0 Å².